The molecule has 1 atom stereocenters. The largest absolute Gasteiger partial charge is 0.508 e. The lowest BCUT2D eigenvalue weighted by Crippen LogP contribution is -2.28. The van der Waals surface area contributed by atoms with E-state index in [0.29, 0.717) is 11.3 Å². The van der Waals surface area contributed by atoms with Crippen LogP contribution < -0.4 is 11.1 Å². The van der Waals surface area contributed by atoms with Crippen LogP contribution in [0.4, 0.5) is 36.2 Å². The number of azo groups is 1. The minimum Gasteiger partial charge on any atom is -0.508 e. The Bertz CT molecular complexity index is 1140. The third-order valence-electron chi connectivity index (χ3n) is 4.54. The molecule has 0 saturated heterocycles. The highest BCUT2D eigenvalue weighted by Crippen LogP contribution is 2.40. The van der Waals surface area contributed by atoms with Crippen LogP contribution in [0, 0.1) is 0 Å². The Balaban J connectivity index is 1.67. The van der Waals surface area contributed by atoms with Crippen LogP contribution in [0.5, 0.6) is 5.75 Å². The quantitative estimate of drug-likeness (QED) is 0.530. The third-order valence-corrected chi connectivity index (χ3v) is 4.54. The lowest BCUT2D eigenvalue weighted by atomic mass is 9.99. The molecule has 0 spiro atoms. The highest BCUT2D eigenvalue weighted by molar-refractivity contribution is 5.90. The fraction of sp³-hybridized carbons (Fsp3) is 0.158. The number of carbonyl (C=O) groups is 1. The molecule has 1 aromatic heterocycles. The maximum atomic E-state index is 13.0. The first-order valence-corrected chi connectivity index (χ1v) is 8.78. The Labute approximate surface area is 167 Å². The van der Waals surface area contributed by atoms with Gasteiger partial charge in [0.15, 0.2) is 17.3 Å². The number of nitrogens with zero attached hydrogens (tertiary/aromatic N) is 4. The van der Waals surface area contributed by atoms with Crippen LogP contribution in [0.3, 0.4) is 0 Å². The van der Waals surface area contributed by atoms with Crippen LogP contribution in [0.25, 0.3) is 0 Å². The molecule has 154 valence electrons. The van der Waals surface area contributed by atoms with Gasteiger partial charge in [-0.2, -0.15) is 23.0 Å². The minimum absolute atomic E-state index is 0.0573. The van der Waals surface area contributed by atoms with Gasteiger partial charge in [-0.05, 0) is 42.0 Å². The van der Waals surface area contributed by atoms with Crippen molar-refractivity contribution in [2.45, 2.75) is 18.6 Å². The first kappa shape index (κ1) is 19.4. The van der Waals surface area contributed by atoms with Gasteiger partial charge in [-0.25, -0.2) is 0 Å². The number of anilines is 2. The first-order chi connectivity index (χ1) is 14.2. The summed E-state index contributed by atoms with van der Waals surface area (Å²) in [7, 11) is 0. The van der Waals surface area contributed by atoms with E-state index in [4.69, 9.17) is 5.73 Å². The second-order valence-electron chi connectivity index (χ2n) is 6.63. The van der Waals surface area contributed by atoms with Crippen molar-refractivity contribution in [3.05, 3.63) is 59.7 Å². The molecule has 3 aromatic rings. The number of carbonyl (C=O) groups excluding carboxylic acids is 1. The topological polar surface area (TPSA) is 118 Å². The van der Waals surface area contributed by atoms with Gasteiger partial charge < -0.3 is 16.2 Å². The number of halogens is 3. The molecule has 0 aliphatic carbocycles. The van der Waals surface area contributed by atoms with Crippen LogP contribution in [-0.2, 0) is 6.18 Å². The Hall–Kier alpha value is -3.89. The average molecular weight is 416 g/mol. The predicted molar refractivity (Wildman–Crippen MR) is 102 cm³/mol. The van der Waals surface area contributed by atoms with Crippen molar-refractivity contribution in [3.63, 3.8) is 0 Å². The van der Waals surface area contributed by atoms with E-state index in [1.807, 2.05) is 0 Å². The normalized spacial score (nSPS) is 16.5. The summed E-state index contributed by atoms with van der Waals surface area (Å²) in [6, 6.07) is 9.94. The number of benzene rings is 2. The molecule has 1 aliphatic rings. The number of aromatic nitrogens is 2. The zero-order valence-electron chi connectivity index (χ0n) is 15.3. The number of aromatic hydroxyl groups is 1. The van der Waals surface area contributed by atoms with Gasteiger partial charge in [-0.3, -0.25) is 4.79 Å². The number of rotatable bonds is 3. The Morgan fingerprint density at radius 2 is 1.90 bits per heavy atom. The number of fused-ring (bicyclic) bond motifs is 1. The SMILES string of the molecule is Nc1nn2c(c1N=Nc1ccc(O)cc1)NC(c1cccc(C(F)(F)F)c1)CC2=O. The Morgan fingerprint density at radius 3 is 2.60 bits per heavy atom. The lowest BCUT2D eigenvalue weighted by molar-refractivity contribution is -0.137. The Morgan fingerprint density at radius 1 is 1.17 bits per heavy atom. The van der Waals surface area contributed by atoms with Gasteiger partial charge in [-0.1, -0.05) is 12.1 Å². The summed E-state index contributed by atoms with van der Waals surface area (Å²) in [6.45, 7) is 0. The number of phenols is 1. The van der Waals surface area contributed by atoms with Crippen LogP contribution in [0.15, 0.2) is 58.8 Å². The number of nitrogens with one attached hydrogen (secondary N) is 1. The van der Waals surface area contributed by atoms with E-state index < -0.39 is 23.7 Å². The first-order valence-electron chi connectivity index (χ1n) is 8.78. The highest BCUT2D eigenvalue weighted by atomic mass is 19.4. The molecule has 30 heavy (non-hydrogen) atoms. The van der Waals surface area contributed by atoms with Crippen LogP contribution in [0.1, 0.15) is 28.4 Å². The maximum Gasteiger partial charge on any atom is 0.416 e. The Kier molecular flexibility index (Phi) is 4.65. The summed E-state index contributed by atoms with van der Waals surface area (Å²) in [6.07, 6.45) is -4.60. The van der Waals surface area contributed by atoms with Crippen molar-refractivity contribution in [2.75, 3.05) is 11.1 Å². The van der Waals surface area contributed by atoms with Crippen LogP contribution in [-0.4, -0.2) is 20.8 Å². The van der Waals surface area contributed by atoms with Crippen molar-refractivity contribution in [2.24, 2.45) is 10.2 Å². The molecule has 4 N–H and O–H groups in total. The van der Waals surface area contributed by atoms with E-state index in [0.717, 1.165) is 16.8 Å². The molecule has 1 aliphatic heterocycles. The van der Waals surface area contributed by atoms with Crippen molar-refractivity contribution in [1.82, 2.24) is 9.78 Å². The summed E-state index contributed by atoms with van der Waals surface area (Å²) in [5, 5.41) is 24.3. The monoisotopic (exact) mass is 416 g/mol. The van der Waals surface area contributed by atoms with Gasteiger partial charge in [0.05, 0.1) is 23.7 Å². The molecule has 0 fully saturated rings. The van der Waals surface area contributed by atoms with E-state index in [2.05, 4.69) is 20.6 Å². The summed E-state index contributed by atoms with van der Waals surface area (Å²) in [5.41, 5.74) is 5.87. The van der Waals surface area contributed by atoms with E-state index in [-0.39, 0.29) is 29.5 Å². The van der Waals surface area contributed by atoms with Gasteiger partial charge in [0.1, 0.15) is 5.75 Å². The van der Waals surface area contributed by atoms with Crippen LogP contribution >= 0.6 is 0 Å². The molecule has 0 amide bonds. The average Bonchev–Trinajstić information content (AvgIpc) is 3.03. The summed E-state index contributed by atoms with van der Waals surface area (Å²) < 4.78 is 40.2. The molecule has 2 heterocycles. The fourth-order valence-corrected chi connectivity index (χ4v) is 3.07. The molecule has 0 saturated carbocycles. The van der Waals surface area contributed by atoms with E-state index in [1.165, 1.54) is 36.4 Å². The summed E-state index contributed by atoms with van der Waals surface area (Å²) in [5.74, 6) is -0.289. The van der Waals surface area contributed by atoms with Crippen molar-refractivity contribution in [1.29, 1.82) is 0 Å². The summed E-state index contributed by atoms with van der Waals surface area (Å²) in [4.78, 5) is 12.5. The van der Waals surface area contributed by atoms with E-state index >= 15 is 0 Å². The molecule has 2 aromatic carbocycles. The van der Waals surface area contributed by atoms with Crippen molar-refractivity contribution >= 4 is 28.9 Å². The van der Waals surface area contributed by atoms with Crippen molar-refractivity contribution < 1.29 is 23.1 Å². The number of hydrogen-bond acceptors (Lipinski definition) is 7. The maximum absolute atomic E-state index is 13.0. The molecular formula is C19H15F3N6O2. The molecular weight excluding hydrogens is 401 g/mol. The zero-order valence-corrected chi connectivity index (χ0v) is 15.3. The number of phenolic OH excluding ortho intramolecular Hbond substituents is 1. The zero-order chi connectivity index (χ0) is 21.5. The molecule has 4 rings (SSSR count). The third kappa shape index (κ3) is 3.69. The standard InChI is InChI=1S/C19H15F3N6O2/c20-19(21,22)11-3-1-2-10(8-11)14-9-15(30)28-18(24-14)16(17(23)27-28)26-25-12-4-6-13(29)7-5-12/h1-8,14,24,29H,9H2,(H2,23,27). The number of alkyl halides is 3. The minimum atomic E-state index is -4.50. The van der Waals surface area contributed by atoms with E-state index in [1.54, 1.807) is 0 Å². The van der Waals surface area contributed by atoms with Crippen molar-refractivity contribution in [3.8, 4) is 5.75 Å². The van der Waals surface area contributed by atoms with Gasteiger partial charge in [0, 0.05) is 0 Å². The second-order valence-corrected chi connectivity index (χ2v) is 6.63. The fourth-order valence-electron chi connectivity index (χ4n) is 3.07. The van der Waals surface area contributed by atoms with Crippen LogP contribution in [0.2, 0.25) is 0 Å². The highest BCUT2D eigenvalue weighted by Gasteiger charge is 2.34. The lowest BCUT2D eigenvalue weighted by Gasteiger charge is -2.25. The van der Waals surface area contributed by atoms with Gasteiger partial charge in [0.2, 0.25) is 0 Å². The molecule has 0 bridgehead atoms. The second kappa shape index (κ2) is 7.17. The molecule has 0 radical (unpaired) electrons. The summed E-state index contributed by atoms with van der Waals surface area (Å²) >= 11 is 0. The number of nitrogens with two attached hydrogens (primary N) is 1. The molecule has 11 heteroatoms. The smallest absolute Gasteiger partial charge is 0.416 e. The van der Waals surface area contributed by atoms with Gasteiger partial charge in [0.25, 0.3) is 5.91 Å². The van der Waals surface area contributed by atoms with Gasteiger partial charge in [-0.15, -0.1) is 10.2 Å². The predicted octanol–water partition coefficient (Wildman–Crippen LogP) is 4.80. The van der Waals surface area contributed by atoms with E-state index in [9.17, 15) is 23.1 Å². The van der Waals surface area contributed by atoms with Gasteiger partial charge >= 0.3 is 6.18 Å². The molecule has 1 unspecified atom stereocenters. The molecule has 8 nitrogen and oxygen atoms in total. The number of hydrogen-bond donors (Lipinski definition) is 3. The number of nitrogen functional groups attached to an aromatic ring is 1.